The van der Waals surface area contributed by atoms with Gasteiger partial charge in [0.15, 0.2) is 0 Å². The lowest BCUT2D eigenvalue weighted by Crippen LogP contribution is -2.15. The predicted molar refractivity (Wildman–Crippen MR) is 92.9 cm³/mol. The minimum atomic E-state index is -0.919. The first kappa shape index (κ1) is 16.3. The number of carboxylic acids is 1. The number of carbonyl (C=O) groups is 1. The summed E-state index contributed by atoms with van der Waals surface area (Å²) >= 11 is 0. The zero-order valence-corrected chi connectivity index (χ0v) is 13.4. The van der Waals surface area contributed by atoms with Crippen LogP contribution in [0.25, 0.3) is 0 Å². The standard InChI is InChI=1S/C19H21FN2O2/c20-17-11-16(8-6-13(17)7-9-18(23)24)22-12-15-4-1-3-14-5-2-10-21-19(14)15/h1,3-4,6,8,11,21-22H,2,5,7,9-10,12H2,(H,23,24). The number of fused-ring (bicyclic) bond motifs is 1. The van der Waals surface area contributed by atoms with Gasteiger partial charge in [0.25, 0.3) is 0 Å². The fourth-order valence-electron chi connectivity index (χ4n) is 3.03. The van der Waals surface area contributed by atoms with Crippen molar-refractivity contribution in [2.75, 3.05) is 17.2 Å². The van der Waals surface area contributed by atoms with Crippen LogP contribution in [0.2, 0.25) is 0 Å². The molecule has 3 rings (SSSR count). The van der Waals surface area contributed by atoms with E-state index in [-0.39, 0.29) is 18.7 Å². The zero-order valence-electron chi connectivity index (χ0n) is 13.4. The summed E-state index contributed by atoms with van der Waals surface area (Å²) < 4.78 is 14.1. The van der Waals surface area contributed by atoms with Gasteiger partial charge in [-0.2, -0.15) is 0 Å². The smallest absolute Gasteiger partial charge is 0.303 e. The maximum atomic E-state index is 14.1. The summed E-state index contributed by atoms with van der Waals surface area (Å²) in [6, 6.07) is 11.1. The maximum Gasteiger partial charge on any atom is 0.303 e. The second-order valence-corrected chi connectivity index (χ2v) is 6.04. The van der Waals surface area contributed by atoms with Gasteiger partial charge in [0.2, 0.25) is 0 Å². The maximum absolute atomic E-state index is 14.1. The summed E-state index contributed by atoms with van der Waals surface area (Å²) in [5.41, 5.74) is 4.81. The third kappa shape index (κ3) is 3.85. The van der Waals surface area contributed by atoms with Crippen LogP contribution in [-0.2, 0) is 24.2 Å². The van der Waals surface area contributed by atoms with Crippen molar-refractivity contribution in [2.45, 2.75) is 32.2 Å². The van der Waals surface area contributed by atoms with Crippen LogP contribution in [0.3, 0.4) is 0 Å². The molecular formula is C19H21FN2O2. The predicted octanol–water partition coefficient (Wildman–Crippen LogP) is 3.81. The molecule has 24 heavy (non-hydrogen) atoms. The Morgan fingerprint density at radius 3 is 2.92 bits per heavy atom. The summed E-state index contributed by atoms with van der Waals surface area (Å²) in [7, 11) is 0. The summed E-state index contributed by atoms with van der Waals surface area (Å²) in [6.07, 6.45) is 2.37. The summed E-state index contributed by atoms with van der Waals surface area (Å²) in [5, 5.41) is 15.4. The van der Waals surface area contributed by atoms with Gasteiger partial charge in [0.05, 0.1) is 0 Å². The molecule has 0 radical (unpaired) electrons. The van der Waals surface area contributed by atoms with Crippen LogP contribution in [0.1, 0.15) is 29.5 Å². The first-order chi connectivity index (χ1) is 11.6. The molecule has 0 unspecified atom stereocenters. The Hall–Kier alpha value is -2.56. The van der Waals surface area contributed by atoms with Crippen molar-refractivity contribution in [1.29, 1.82) is 0 Å². The van der Waals surface area contributed by atoms with Gasteiger partial charge in [-0.15, -0.1) is 0 Å². The fourth-order valence-corrected chi connectivity index (χ4v) is 3.03. The van der Waals surface area contributed by atoms with Crippen LogP contribution in [-0.4, -0.2) is 17.6 Å². The number of nitrogens with one attached hydrogen (secondary N) is 2. The quantitative estimate of drug-likeness (QED) is 0.754. The third-order valence-corrected chi connectivity index (χ3v) is 4.31. The van der Waals surface area contributed by atoms with Crippen LogP contribution in [0.15, 0.2) is 36.4 Å². The van der Waals surface area contributed by atoms with Crippen molar-refractivity contribution < 1.29 is 14.3 Å². The van der Waals surface area contributed by atoms with Crippen molar-refractivity contribution in [3.8, 4) is 0 Å². The number of benzene rings is 2. The highest BCUT2D eigenvalue weighted by molar-refractivity contribution is 5.67. The molecule has 0 aliphatic carbocycles. The number of halogens is 1. The molecule has 1 aliphatic heterocycles. The second-order valence-electron chi connectivity index (χ2n) is 6.04. The Kier molecular flexibility index (Phi) is 4.99. The van der Waals surface area contributed by atoms with Gasteiger partial charge in [0, 0.05) is 30.9 Å². The molecule has 0 bridgehead atoms. The molecule has 0 saturated carbocycles. The number of carboxylic acid groups (broad SMARTS) is 1. The summed E-state index contributed by atoms with van der Waals surface area (Å²) in [5.74, 6) is -1.28. The first-order valence-corrected chi connectivity index (χ1v) is 8.22. The Labute approximate surface area is 140 Å². The molecule has 0 fully saturated rings. The molecule has 0 saturated heterocycles. The van der Waals surface area contributed by atoms with E-state index in [0.29, 0.717) is 17.8 Å². The first-order valence-electron chi connectivity index (χ1n) is 8.22. The second kappa shape index (κ2) is 7.34. The molecular weight excluding hydrogens is 307 g/mol. The van der Waals surface area contributed by atoms with Crippen LogP contribution >= 0.6 is 0 Å². The lowest BCUT2D eigenvalue weighted by molar-refractivity contribution is -0.136. The van der Waals surface area contributed by atoms with E-state index in [1.807, 2.05) is 0 Å². The third-order valence-electron chi connectivity index (χ3n) is 4.31. The van der Waals surface area contributed by atoms with E-state index in [9.17, 15) is 9.18 Å². The highest BCUT2D eigenvalue weighted by atomic mass is 19.1. The number of anilines is 2. The Balaban J connectivity index is 1.67. The van der Waals surface area contributed by atoms with Crippen molar-refractivity contribution in [3.63, 3.8) is 0 Å². The van der Waals surface area contributed by atoms with E-state index in [4.69, 9.17) is 5.11 Å². The molecule has 2 aromatic carbocycles. The van der Waals surface area contributed by atoms with E-state index >= 15 is 0 Å². The van der Waals surface area contributed by atoms with Crippen LogP contribution in [0.5, 0.6) is 0 Å². The van der Waals surface area contributed by atoms with Gasteiger partial charge in [-0.25, -0.2) is 4.39 Å². The van der Waals surface area contributed by atoms with Crippen molar-refractivity contribution in [1.82, 2.24) is 0 Å². The Morgan fingerprint density at radius 2 is 2.12 bits per heavy atom. The van der Waals surface area contributed by atoms with Gasteiger partial charge in [0.1, 0.15) is 5.82 Å². The van der Waals surface area contributed by atoms with E-state index in [0.717, 1.165) is 19.4 Å². The van der Waals surface area contributed by atoms with E-state index in [1.54, 1.807) is 12.1 Å². The summed E-state index contributed by atoms with van der Waals surface area (Å²) in [6.45, 7) is 1.60. The number of hydrogen-bond acceptors (Lipinski definition) is 3. The monoisotopic (exact) mass is 328 g/mol. The lowest BCUT2D eigenvalue weighted by Gasteiger charge is -2.21. The van der Waals surface area contributed by atoms with Gasteiger partial charge in [-0.05, 0) is 48.1 Å². The lowest BCUT2D eigenvalue weighted by atomic mass is 9.99. The molecule has 0 atom stereocenters. The fraction of sp³-hybridized carbons (Fsp3) is 0.316. The molecule has 2 aromatic rings. The highest BCUT2D eigenvalue weighted by Crippen LogP contribution is 2.27. The van der Waals surface area contributed by atoms with Gasteiger partial charge in [-0.3, -0.25) is 4.79 Å². The minimum absolute atomic E-state index is 0.0640. The van der Waals surface area contributed by atoms with Gasteiger partial charge >= 0.3 is 5.97 Å². The molecule has 0 amide bonds. The largest absolute Gasteiger partial charge is 0.481 e. The zero-order chi connectivity index (χ0) is 16.9. The molecule has 0 spiro atoms. The summed E-state index contributed by atoms with van der Waals surface area (Å²) in [4.78, 5) is 10.6. The van der Waals surface area contributed by atoms with Crippen molar-refractivity contribution >= 4 is 17.3 Å². The SMILES string of the molecule is O=C(O)CCc1ccc(NCc2cccc3c2NCCC3)cc1F. The number of para-hydroxylation sites is 1. The molecule has 4 nitrogen and oxygen atoms in total. The molecule has 5 heteroatoms. The number of rotatable bonds is 6. The molecule has 0 aromatic heterocycles. The number of aryl methyl sites for hydroxylation is 2. The molecule has 1 heterocycles. The average molecular weight is 328 g/mol. The number of aliphatic carboxylic acids is 1. The molecule has 3 N–H and O–H groups in total. The molecule has 1 aliphatic rings. The highest BCUT2D eigenvalue weighted by Gasteiger charge is 2.12. The normalized spacial score (nSPS) is 13.0. The Bertz CT molecular complexity index is 746. The minimum Gasteiger partial charge on any atom is -0.481 e. The number of hydrogen-bond donors (Lipinski definition) is 3. The van der Waals surface area contributed by atoms with E-state index in [2.05, 4.69) is 28.8 Å². The topological polar surface area (TPSA) is 61.4 Å². The van der Waals surface area contributed by atoms with Crippen molar-refractivity contribution in [3.05, 3.63) is 58.9 Å². The van der Waals surface area contributed by atoms with Crippen molar-refractivity contribution in [2.24, 2.45) is 0 Å². The van der Waals surface area contributed by atoms with E-state index < -0.39 is 5.97 Å². The molecule has 126 valence electrons. The van der Waals surface area contributed by atoms with Crippen LogP contribution in [0, 0.1) is 5.82 Å². The Morgan fingerprint density at radius 1 is 1.25 bits per heavy atom. The van der Waals surface area contributed by atoms with Crippen LogP contribution in [0.4, 0.5) is 15.8 Å². The van der Waals surface area contributed by atoms with Gasteiger partial charge < -0.3 is 15.7 Å². The van der Waals surface area contributed by atoms with Gasteiger partial charge in [-0.1, -0.05) is 24.3 Å². The average Bonchev–Trinajstić information content (AvgIpc) is 2.59. The van der Waals surface area contributed by atoms with E-state index in [1.165, 1.54) is 22.9 Å². The van der Waals surface area contributed by atoms with Crippen LogP contribution < -0.4 is 10.6 Å².